The van der Waals surface area contributed by atoms with Crippen LogP contribution in [0.3, 0.4) is 0 Å². The number of hydrogen-bond donors (Lipinski definition) is 1. The highest BCUT2D eigenvalue weighted by Crippen LogP contribution is 2.22. The molecule has 4 heteroatoms. The third-order valence-electron chi connectivity index (χ3n) is 2.58. The zero-order valence-electron chi connectivity index (χ0n) is 10.7. The fourth-order valence-electron chi connectivity index (χ4n) is 1.49. The maximum absolute atomic E-state index is 6.12. The van der Waals surface area contributed by atoms with Gasteiger partial charge in [0.2, 0.25) is 0 Å². The first-order chi connectivity index (χ1) is 8.04. The Bertz CT molecular complexity index is 355. The average molecular weight is 257 g/mol. The Labute approximate surface area is 109 Å². The van der Waals surface area contributed by atoms with Crippen LogP contribution < -0.4 is 10.6 Å². The molecule has 0 amide bonds. The molecule has 3 nitrogen and oxygen atoms in total. The number of halogens is 1. The Morgan fingerprint density at radius 2 is 2.12 bits per heavy atom. The van der Waals surface area contributed by atoms with E-state index in [2.05, 4.69) is 4.90 Å². The summed E-state index contributed by atoms with van der Waals surface area (Å²) in [6, 6.07) is 5.94. The molecular weight excluding hydrogens is 236 g/mol. The molecule has 0 atom stereocenters. The molecule has 1 aromatic rings. The van der Waals surface area contributed by atoms with Gasteiger partial charge in [-0.15, -0.1) is 0 Å². The van der Waals surface area contributed by atoms with Crippen molar-refractivity contribution < 1.29 is 4.74 Å². The molecule has 0 unspecified atom stereocenters. The van der Waals surface area contributed by atoms with Gasteiger partial charge in [-0.05, 0) is 31.5 Å². The van der Waals surface area contributed by atoms with Crippen LogP contribution in [0.1, 0.15) is 19.4 Å². The summed E-state index contributed by atoms with van der Waals surface area (Å²) >= 11 is 6.12. The van der Waals surface area contributed by atoms with Gasteiger partial charge in [-0.3, -0.25) is 0 Å². The van der Waals surface area contributed by atoms with Crippen molar-refractivity contribution in [3.05, 3.63) is 28.8 Å². The van der Waals surface area contributed by atoms with Crippen LogP contribution >= 0.6 is 11.6 Å². The number of benzene rings is 1. The molecule has 1 rings (SSSR count). The summed E-state index contributed by atoms with van der Waals surface area (Å²) in [7, 11) is 2.03. The first kappa shape index (κ1) is 14.3. The van der Waals surface area contributed by atoms with E-state index in [-0.39, 0.29) is 6.10 Å². The summed E-state index contributed by atoms with van der Waals surface area (Å²) in [4.78, 5) is 2.12. The summed E-state index contributed by atoms with van der Waals surface area (Å²) in [5.74, 6) is 0. The number of nitrogens with zero attached hydrogens (tertiary/aromatic N) is 1. The molecule has 0 heterocycles. The highest BCUT2D eigenvalue weighted by Gasteiger charge is 2.05. The van der Waals surface area contributed by atoms with Gasteiger partial charge < -0.3 is 15.4 Å². The van der Waals surface area contributed by atoms with Crippen LogP contribution in [0.4, 0.5) is 5.69 Å². The molecule has 96 valence electrons. The highest BCUT2D eigenvalue weighted by molar-refractivity contribution is 6.31. The van der Waals surface area contributed by atoms with Crippen LogP contribution in [0.15, 0.2) is 18.2 Å². The van der Waals surface area contributed by atoms with Crippen LogP contribution in [-0.4, -0.2) is 26.3 Å². The minimum atomic E-state index is 0.270. The van der Waals surface area contributed by atoms with Crippen LogP contribution in [0.2, 0.25) is 5.02 Å². The Hall–Kier alpha value is -0.770. The lowest BCUT2D eigenvalue weighted by molar-refractivity contribution is 0.0846. The maximum atomic E-state index is 6.12. The van der Waals surface area contributed by atoms with Gasteiger partial charge in [0.25, 0.3) is 0 Å². The summed E-state index contributed by atoms with van der Waals surface area (Å²) in [5.41, 5.74) is 7.63. The molecule has 0 radical (unpaired) electrons. The van der Waals surface area contributed by atoms with Gasteiger partial charge in [0.1, 0.15) is 0 Å². The van der Waals surface area contributed by atoms with E-state index in [1.54, 1.807) is 0 Å². The van der Waals surface area contributed by atoms with Gasteiger partial charge >= 0.3 is 0 Å². The second kappa shape index (κ2) is 6.84. The molecule has 0 saturated carbocycles. The number of nitrogens with two attached hydrogens (primary N) is 1. The summed E-state index contributed by atoms with van der Waals surface area (Å²) < 4.78 is 5.51. The number of ether oxygens (including phenoxy) is 1. The predicted molar refractivity (Wildman–Crippen MR) is 73.7 cm³/mol. The quantitative estimate of drug-likeness (QED) is 0.851. The van der Waals surface area contributed by atoms with Gasteiger partial charge in [0, 0.05) is 30.8 Å². The van der Waals surface area contributed by atoms with Crippen molar-refractivity contribution in [2.24, 2.45) is 5.73 Å². The first-order valence-electron chi connectivity index (χ1n) is 5.85. The second-order valence-corrected chi connectivity index (χ2v) is 4.73. The van der Waals surface area contributed by atoms with E-state index < -0.39 is 0 Å². The highest BCUT2D eigenvalue weighted by atomic mass is 35.5. The molecule has 0 aliphatic heterocycles. The van der Waals surface area contributed by atoms with E-state index in [9.17, 15) is 0 Å². The van der Waals surface area contributed by atoms with Crippen molar-refractivity contribution in [3.8, 4) is 0 Å². The molecule has 1 aromatic carbocycles. The van der Waals surface area contributed by atoms with Crippen molar-refractivity contribution >= 4 is 17.3 Å². The summed E-state index contributed by atoms with van der Waals surface area (Å²) in [5, 5.41) is 0.724. The van der Waals surface area contributed by atoms with Gasteiger partial charge in [-0.1, -0.05) is 17.7 Å². The molecule has 0 aliphatic carbocycles. The van der Waals surface area contributed by atoms with E-state index in [0.29, 0.717) is 13.2 Å². The van der Waals surface area contributed by atoms with E-state index in [4.69, 9.17) is 22.1 Å². The monoisotopic (exact) mass is 256 g/mol. The fraction of sp³-hybridized carbons (Fsp3) is 0.538. The Balaban J connectivity index is 2.57. The molecule has 17 heavy (non-hydrogen) atoms. The molecule has 2 N–H and O–H groups in total. The number of likely N-dealkylation sites (N-methyl/N-ethyl adjacent to an activating group) is 1. The van der Waals surface area contributed by atoms with E-state index in [0.717, 1.165) is 22.8 Å². The van der Waals surface area contributed by atoms with Crippen molar-refractivity contribution in [2.75, 3.05) is 25.1 Å². The SMILES string of the molecule is CC(C)OCCN(C)c1ccc(CN)c(Cl)c1. The Morgan fingerprint density at radius 3 is 2.65 bits per heavy atom. The van der Waals surface area contributed by atoms with Crippen molar-refractivity contribution in [1.82, 2.24) is 0 Å². The van der Waals surface area contributed by atoms with Crippen LogP contribution in [0, 0.1) is 0 Å². The fourth-order valence-corrected chi connectivity index (χ4v) is 1.75. The molecule has 0 saturated heterocycles. The average Bonchev–Trinajstić information content (AvgIpc) is 2.28. The smallest absolute Gasteiger partial charge is 0.0644 e. The lowest BCUT2D eigenvalue weighted by atomic mass is 10.2. The molecular formula is C13H21ClN2O. The van der Waals surface area contributed by atoms with Gasteiger partial charge in [-0.25, -0.2) is 0 Å². The van der Waals surface area contributed by atoms with Gasteiger partial charge in [0.05, 0.1) is 12.7 Å². The largest absolute Gasteiger partial charge is 0.377 e. The lowest BCUT2D eigenvalue weighted by Gasteiger charge is -2.20. The van der Waals surface area contributed by atoms with Crippen molar-refractivity contribution in [2.45, 2.75) is 26.5 Å². The Kier molecular flexibility index (Phi) is 5.75. The summed E-state index contributed by atoms with van der Waals surface area (Å²) in [6.45, 7) is 6.10. The zero-order chi connectivity index (χ0) is 12.8. The number of rotatable bonds is 6. The van der Waals surface area contributed by atoms with Crippen molar-refractivity contribution in [1.29, 1.82) is 0 Å². The first-order valence-corrected chi connectivity index (χ1v) is 6.23. The van der Waals surface area contributed by atoms with Crippen LogP contribution in [0.5, 0.6) is 0 Å². The standard InChI is InChI=1S/C13H21ClN2O/c1-10(2)17-7-6-16(3)12-5-4-11(9-15)13(14)8-12/h4-5,8,10H,6-7,9,15H2,1-3H3. The minimum Gasteiger partial charge on any atom is -0.377 e. The van der Waals surface area contributed by atoms with E-state index >= 15 is 0 Å². The van der Waals surface area contributed by atoms with Crippen molar-refractivity contribution in [3.63, 3.8) is 0 Å². The molecule has 0 spiro atoms. The topological polar surface area (TPSA) is 38.5 Å². The number of hydrogen-bond acceptors (Lipinski definition) is 3. The minimum absolute atomic E-state index is 0.270. The van der Waals surface area contributed by atoms with Gasteiger partial charge in [-0.2, -0.15) is 0 Å². The normalized spacial score (nSPS) is 10.9. The second-order valence-electron chi connectivity index (χ2n) is 4.32. The third kappa shape index (κ3) is 4.54. The van der Waals surface area contributed by atoms with Gasteiger partial charge in [0.15, 0.2) is 0 Å². The molecule has 0 aromatic heterocycles. The number of anilines is 1. The molecule has 0 bridgehead atoms. The van der Waals surface area contributed by atoms with E-state index in [1.165, 1.54) is 0 Å². The van der Waals surface area contributed by atoms with Crippen LogP contribution in [0.25, 0.3) is 0 Å². The van der Waals surface area contributed by atoms with E-state index in [1.807, 2.05) is 39.1 Å². The van der Waals surface area contributed by atoms with Crippen LogP contribution in [-0.2, 0) is 11.3 Å². The molecule has 0 aliphatic rings. The lowest BCUT2D eigenvalue weighted by Crippen LogP contribution is -2.23. The molecule has 0 fully saturated rings. The zero-order valence-corrected chi connectivity index (χ0v) is 11.5. The Morgan fingerprint density at radius 1 is 1.41 bits per heavy atom. The predicted octanol–water partition coefficient (Wildman–Crippen LogP) is 2.66. The maximum Gasteiger partial charge on any atom is 0.0644 e. The summed E-state index contributed by atoms with van der Waals surface area (Å²) in [6.07, 6.45) is 0.270. The third-order valence-corrected chi connectivity index (χ3v) is 2.93.